The standard InChI is InChI=1S/C16H14N4OS/c17-20-15(13-9-5-2-6-10-13)18-19-16(20)22-11-14(21)12-7-3-1-4-8-12/h1-10H,11,17H2. The Morgan fingerprint density at radius 2 is 1.64 bits per heavy atom. The molecule has 6 heteroatoms. The van der Waals surface area contributed by atoms with Crippen LogP contribution in [0.2, 0.25) is 0 Å². The molecular weight excluding hydrogens is 296 g/mol. The van der Waals surface area contributed by atoms with Gasteiger partial charge in [0, 0.05) is 11.1 Å². The molecule has 0 amide bonds. The third-order valence-corrected chi connectivity index (χ3v) is 4.07. The molecule has 5 nitrogen and oxygen atoms in total. The molecule has 0 aliphatic carbocycles. The van der Waals surface area contributed by atoms with Gasteiger partial charge in [-0.05, 0) is 0 Å². The van der Waals surface area contributed by atoms with E-state index in [1.54, 1.807) is 12.1 Å². The highest BCUT2D eigenvalue weighted by molar-refractivity contribution is 7.99. The summed E-state index contributed by atoms with van der Waals surface area (Å²) in [6.07, 6.45) is 0. The zero-order chi connectivity index (χ0) is 15.4. The van der Waals surface area contributed by atoms with E-state index >= 15 is 0 Å². The van der Waals surface area contributed by atoms with Crippen LogP contribution >= 0.6 is 11.8 Å². The molecule has 3 aromatic rings. The molecule has 0 radical (unpaired) electrons. The summed E-state index contributed by atoms with van der Waals surface area (Å²) < 4.78 is 1.41. The van der Waals surface area contributed by atoms with Gasteiger partial charge in [0.2, 0.25) is 5.16 Å². The predicted molar refractivity (Wildman–Crippen MR) is 87.1 cm³/mol. The molecule has 0 fully saturated rings. The van der Waals surface area contributed by atoms with Gasteiger partial charge in [0.15, 0.2) is 11.6 Å². The first-order valence-corrected chi connectivity index (χ1v) is 7.71. The van der Waals surface area contributed by atoms with Crippen molar-refractivity contribution < 1.29 is 4.79 Å². The van der Waals surface area contributed by atoms with E-state index in [4.69, 9.17) is 5.84 Å². The van der Waals surface area contributed by atoms with Gasteiger partial charge < -0.3 is 5.84 Å². The van der Waals surface area contributed by atoms with Gasteiger partial charge in [-0.2, -0.15) is 0 Å². The summed E-state index contributed by atoms with van der Waals surface area (Å²) in [6, 6.07) is 18.7. The van der Waals surface area contributed by atoms with Gasteiger partial charge in [0.05, 0.1) is 5.75 Å². The molecule has 0 aliphatic heterocycles. The largest absolute Gasteiger partial charge is 0.335 e. The third-order valence-electron chi connectivity index (χ3n) is 3.12. The fourth-order valence-corrected chi connectivity index (χ4v) is 2.75. The number of hydrogen-bond donors (Lipinski definition) is 1. The van der Waals surface area contributed by atoms with Crippen LogP contribution in [0.3, 0.4) is 0 Å². The highest BCUT2D eigenvalue weighted by Crippen LogP contribution is 2.21. The first-order valence-electron chi connectivity index (χ1n) is 6.72. The van der Waals surface area contributed by atoms with Gasteiger partial charge in [0.25, 0.3) is 0 Å². The molecule has 2 N–H and O–H groups in total. The van der Waals surface area contributed by atoms with Gasteiger partial charge in [-0.3, -0.25) is 4.79 Å². The Labute approximate surface area is 132 Å². The monoisotopic (exact) mass is 310 g/mol. The van der Waals surface area contributed by atoms with Crippen molar-refractivity contribution in [2.45, 2.75) is 5.16 Å². The highest BCUT2D eigenvalue weighted by atomic mass is 32.2. The van der Waals surface area contributed by atoms with E-state index in [0.29, 0.717) is 16.5 Å². The number of rotatable bonds is 5. The third kappa shape index (κ3) is 3.01. The molecule has 0 bridgehead atoms. The van der Waals surface area contributed by atoms with Crippen molar-refractivity contribution in [2.24, 2.45) is 0 Å². The second-order valence-electron chi connectivity index (χ2n) is 4.62. The lowest BCUT2D eigenvalue weighted by Gasteiger charge is -2.03. The minimum Gasteiger partial charge on any atom is -0.335 e. The number of ketones is 1. The lowest BCUT2D eigenvalue weighted by molar-refractivity contribution is 0.102. The molecule has 0 unspecified atom stereocenters. The van der Waals surface area contributed by atoms with Crippen LogP contribution in [0.25, 0.3) is 11.4 Å². The van der Waals surface area contributed by atoms with Crippen LogP contribution < -0.4 is 5.84 Å². The fraction of sp³-hybridized carbons (Fsp3) is 0.0625. The number of nitrogens with zero attached hydrogens (tertiary/aromatic N) is 3. The first-order chi connectivity index (χ1) is 10.8. The van der Waals surface area contributed by atoms with Crippen LogP contribution in [0.1, 0.15) is 10.4 Å². The van der Waals surface area contributed by atoms with Gasteiger partial charge in [-0.15, -0.1) is 10.2 Å². The number of aromatic nitrogens is 3. The van der Waals surface area contributed by atoms with Crippen LogP contribution in [-0.2, 0) is 0 Å². The lowest BCUT2D eigenvalue weighted by Crippen LogP contribution is -2.12. The minimum absolute atomic E-state index is 0.0369. The zero-order valence-corrected chi connectivity index (χ0v) is 12.5. The molecule has 2 aromatic carbocycles. The van der Waals surface area contributed by atoms with E-state index in [1.165, 1.54) is 16.4 Å². The normalized spacial score (nSPS) is 10.5. The maximum atomic E-state index is 12.1. The Morgan fingerprint density at radius 1 is 1.00 bits per heavy atom. The second kappa shape index (κ2) is 6.44. The van der Waals surface area contributed by atoms with E-state index in [0.717, 1.165) is 5.56 Å². The van der Waals surface area contributed by atoms with E-state index in [-0.39, 0.29) is 11.5 Å². The topological polar surface area (TPSA) is 73.8 Å². The van der Waals surface area contributed by atoms with Crippen molar-refractivity contribution in [1.82, 2.24) is 14.9 Å². The van der Waals surface area contributed by atoms with Gasteiger partial charge in [-0.25, -0.2) is 4.68 Å². The molecular formula is C16H14N4OS. The number of nitrogens with two attached hydrogens (primary N) is 1. The molecule has 0 saturated heterocycles. The molecule has 1 aromatic heterocycles. The molecule has 22 heavy (non-hydrogen) atoms. The molecule has 1 heterocycles. The Bertz CT molecular complexity index is 771. The maximum absolute atomic E-state index is 12.1. The van der Waals surface area contributed by atoms with Crippen molar-refractivity contribution in [2.75, 3.05) is 11.6 Å². The molecule has 0 spiro atoms. The first kappa shape index (κ1) is 14.3. The molecule has 110 valence electrons. The summed E-state index contributed by atoms with van der Waals surface area (Å²) in [5, 5.41) is 8.67. The SMILES string of the molecule is Nn1c(SCC(=O)c2ccccc2)nnc1-c1ccccc1. The van der Waals surface area contributed by atoms with Crippen LogP contribution in [-0.4, -0.2) is 26.4 Å². The van der Waals surface area contributed by atoms with E-state index in [2.05, 4.69) is 10.2 Å². The van der Waals surface area contributed by atoms with Crippen molar-refractivity contribution >= 4 is 17.5 Å². The Kier molecular flexibility index (Phi) is 4.20. The minimum atomic E-state index is 0.0369. The fourth-order valence-electron chi connectivity index (χ4n) is 2.00. The smallest absolute Gasteiger partial charge is 0.210 e. The summed E-state index contributed by atoms with van der Waals surface area (Å²) in [7, 11) is 0. The Balaban J connectivity index is 1.72. The average molecular weight is 310 g/mol. The van der Waals surface area contributed by atoms with Crippen molar-refractivity contribution in [1.29, 1.82) is 0 Å². The van der Waals surface area contributed by atoms with Gasteiger partial charge in [-0.1, -0.05) is 72.4 Å². The summed E-state index contributed by atoms with van der Waals surface area (Å²) >= 11 is 1.28. The number of Topliss-reactive ketones (excluding diaryl/α,β-unsaturated/α-hetero) is 1. The van der Waals surface area contributed by atoms with E-state index in [9.17, 15) is 4.79 Å². The molecule has 0 atom stereocenters. The van der Waals surface area contributed by atoms with Crippen molar-refractivity contribution in [3.8, 4) is 11.4 Å². The van der Waals surface area contributed by atoms with Crippen LogP contribution in [0.15, 0.2) is 65.8 Å². The zero-order valence-electron chi connectivity index (χ0n) is 11.7. The number of hydrogen-bond acceptors (Lipinski definition) is 5. The van der Waals surface area contributed by atoms with Gasteiger partial charge in [0.1, 0.15) is 0 Å². The lowest BCUT2D eigenvalue weighted by atomic mass is 10.2. The molecule has 0 saturated carbocycles. The van der Waals surface area contributed by atoms with Crippen LogP contribution in [0.4, 0.5) is 0 Å². The summed E-state index contributed by atoms with van der Waals surface area (Å²) in [4.78, 5) is 12.1. The highest BCUT2D eigenvalue weighted by Gasteiger charge is 2.14. The summed E-state index contributed by atoms with van der Waals surface area (Å²) in [5.74, 6) is 6.91. The average Bonchev–Trinajstić information content (AvgIpc) is 2.95. The number of thioether (sulfide) groups is 1. The maximum Gasteiger partial charge on any atom is 0.210 e. The Hall–Kier alpha value is -2.60. The summed E-state index contributed by atoms with van der Waals surface area (Å²) in [5.41, 5.74) is 1.57. The predicted octanol–water partition coefficient (Wildman–Crippen LogP) is 2.63. The number of carbonyl (C=O) groups is 1. The number of benzene rings is 2. The number of carbonyl (C=O) groups excluding carboxylic acids is 1. The number of nitrogen functional groups attached to an aromatic ring is 1. The van der Waals surface area contributed by atoms with Crippen molar-refractivity contribution in [3.05, 3.63) is 66.2 Å². The van der Waals surface area contributed by atoms with Crippen molar-refractivity contribution in [3.63, 3.8) is 0 Å². The van der Waals surface area contributed by atoms with Gasteiger partial charge >= 0.3 is 0 Å². The molecule has 3 rings (SSSR count). The second-order valence-corrected chi connectivity index (χ2v) is 5.56. The Morgan fingerprint density at radius 3 is 2.32 bits per heavy atom. The van der Waals surface area contributed by atoms with E-state index in [1.807, 2.05) is 48.5 Å². The van der Waals surface area contributed by atoms with Crippen LogP contribution in [0.5, 0.6) is 0 Å². The van der Waals surface area contributed by atoms with E-state index < -0.39 is 0 Å². The summed E-state index contributed by atoms with van der Waals surface area (Å²) in [6.45, 7) is 0. The van der Waals surface area contributed by atoms with Crippen LogP contribution in [0, 0.1) is 0 Å². The quantitative estimate of drug-likeness (QED) is 0.445. The molecule has 0 aliphatic rings.